The molecule has 0 aliphatic heterocycles. The van der Waals surface area contributed by atoms with Crippen molar-refractivity contribution in [3.63, 3.8) is 0 Å². The fourth-order valence-electron chi connectivity index (χ4n) is 4.47. The maximum Gasteiger partial charge on any atom is 0.00696 e. The lowest BCUT2D eigenvalue weighted by molar-refractivity contribution is 0.251. The average molecular weight is 294 g/mol. The van der Waals surface area contributed by atoms with E-state index in [1.165, 1.54) is 103 Å². The van der Waals surface area contributed by atoms with E-state index in [0.717, 1.165) is 18.0 Å². The van der Waals surface area contributed by atoms with E-state index < -0.39 is 0 Å². The molecule has 0 aromatic heterocycles. The van der Waals surface area contributed by atoms with E-state index in [0.29, 0.717) is 0 Å². The van der Waals surface area contributed by atoms with Crippen LogP contribution < -0.4 is 5.32 Å². The fraction of sp³-hybridized carbons (Fsp3) is 1.00. The molecule has 0 bridgehead atoms. The van der Waals surface area contributed by atoms with E-state index in [4.69, 9.17) is 0 Å². The van der Waals surface area contributed by atoms with Crippen LogP contribution in [0.4, 0.5) is 0 Å². The van der Waals surface area contributed by atoms with E-state index in [1.54, 1.807) is 0 Å². The zero-order valence-corrected chi connectivity index (χ0v) is 14.5. The third kappa shape index (κ3) is 7.17. The van der Waals surface area contributed by atoms with Gasteiger partial charge in [-0.1, -0.05) is 77.0 Å². The van der Waals surface area contributed by atoms with Gasteiger partial charge in [0.2, 0.25) is 0 Å². The van der Waals surface area contributed by atoms with Crippen LogP contribution in [0.1, 0.15) is 110 Å². The third-order valence-corrected chi connectivity index (χ3v) is 5.96. The minimum Gasteiger partial charge on any atom is -0.311 e. The second-order valence-corrected chi connectivity index (χ2v) is 7.81. The summed E-state index contributed by atoms with van der Waals surface area (Å²) in [5, 5.41) is 4.04. The first-order chi connectivity index (χ1) is 10.4. The molecule has 1 nitrogen and oxygen atoms in total. The summed E-state index contributed by atoms with van der Waals surface area (Å²) in [6.45, 7) is 2.46. The summed E-state index contributed by atoms with van der Waals surface area (Å²) in [7, 11) is 0. The second-order valence-electron chi connectivity index (χ2n) is 7.81. The lowest BCUT2D eigenvalue weighted by Crippen LogP contribution is -2.41. The van der Waals surface area contributed by atoms with Gasteiger partial charge in [-0.25, -0.2) is 0 Å². The highest BCUT2D eigenvalue weighted by molar-refractivity contribution is 4.80. The van der Waals surface area contributed by atoms with Crippen molar-refractivity contribution in [2.75, 3.05) is 0 Å². The molecule has 1 atom stereocenters. The standard InChI is InChI=1S/C20H39N/c1-18(19-14-10-9-11-15-19)21-20-16-12-7-5-3-2-4-6-8-13-17-20/h18-21H,2-17H2,1H3. The lowest BCUT2D eigenvalue weighted by atomic mass is 9.84. The van der Waals surface area contributed by atoms with Gasteiger partial charge in [0.15, 0.2) is 0 Å². The summed E-state index contributed by atoms with van der Waals surface area (Å²) in [4.78, 5) is 0. The quantitative estimate of drug-likeness (QED) is 0.651. The molecular weight excluding hydrogens is 254 g/mol. The molecule has 2 aliphatic rings. The second kappa shape index (κ2) is 10.6. The number of rotatable bonds is 3. The summed E-state index contributed by atoms with van der Waals surface area (Å²) >= 11 is 0. The third-order valence-electron chi connectivity index (χ3n) is 5.96. The molecule has 0 radical (unpaired) electrons. The molecule has 0 heterocycles. The van der Waals surface area contributed by atoms with Crippen molar-refractivity contribution < 1.29 is 0 Å². The van der Waals surface area contributed by atoms with Crippen LogP contribution in [0.25, 0.3) is 0 Å². The van der Waals surface area contributed by atoms with Crippen LogP contribution in [0.5, 0.6) is 0 Å². The molecule has 1 unspecified atom stereocenters. The Kier molecular flexibility index (Phi) is 8.78. The summed E-state index contributed by atoms with van der Waals surface area (Å²) in [5.41, 5.74) is 0. The first kappa shape index (κ1) is 17.3. The van der Waals surface area contributed by atoms with Crippen molar-refractivity contribution in [2.24, 2.45) is 5.92 Å². The van der Waals surface area contributed by atoms with Crippen LogP contribution >= 0.6 is 0 Å². The summed E-state index contributed by atoms with van der Waals surface area (Å²) in [6, 6.07) is 1.56. The first-order valence-corrected chi connectivity index (χ1v) is 10.1. The Morgan fingerprint density at radius 1 is 0.571 bits per heavy atom. The van der Waals surface area contributed by atoms with Gasteiger partial charge < -0.3 is 5.32 Å². The molecule has 1 N–H and O–H groups in total. The lowest BCUT2D eigenvalue weighted by Gasteiger charge is -2.32. The highest BCUT2D eigenvalue weighted by Crippen LogP contribution is 2.27. The molecular formula is C20H39N. The molecule has 0 aromatic rings. The van der Waals surface area contributed by atoms with Crippen LogP contribution in [-0.4, -0.2) is 12.1 Å². The van der Waals surface area contributed by atoms with Crippen molar-refractivity contribution in [3.8, 4) is 0 Å². The first-order valence-electron chi connectivity index (χ1n) is 10.1. The van der Waals surface area contributed by atoms with Crippen LogP contribution in [0.2, 0.25) is 0 Å². The van der Waals surface area contributed by atoms with Crippen molar-refractivity contribution in [1.29, 1.82) is 0 Å². The van der Waals surface area contributed by atoms with Crippen molar-refractivity contribution in [2.45, 2.75) is 122 Å². The monoisotopic (exact) mass is 293 g/mol. The van der Waals surface area contributed by atoms with Gasteiger partial charge in [-0.3, -0.25) is 0 Å². The van der Waals surface area contributed by atoms with Crippen LogP contribution in [0.3, 0.4) is 0 Å². The minimum absolute atomic E-state index is 0.753. The van der Waals surface area contributed by atoms with Gasteiger partial charge in [-0.2, -0.15) is 0 Å². The molecule has 2 saturated carbocycles. The highest BCUT2D eigenvalue weighted by Gasteiger charge is 2.22. The Morgan fingerprint density at radius 2 is 0.952 bits per heavy atom. The zero-order chi connectivity index (χ0) is 14.8. The smallest absolute Gasteiger partial charge is 0.00696 e. The van der Waals surface area contributed by atoms with E-state index >= 15 is 0 Å². The Hall–Kier alpha value is -0.0400. The van der Waals surface area contributed by atoms with Crippen molar-refractivity contribution >= 4 is 0 Å². The maximum atomic E-state index is 4.04. The minimum atomic E-state index is 0.753. The predicted octanol–water partition coefficient (Wildman–Crippen LogP) is 6.22. The molecule has 0 spiro atoms. The van der Waals surface area contributed by atoms with E-state index in [9.17, 15) is 0 Å². The SMILES string of the molecule is CC(NC1CCCCCCCCCCC1)C1CCCCC1. The largest absolute Gasteiger partial charge is 0.311 e. The Bertz CT molecular complexity index is 232. The maximum absolute atomic E-state index is 4.04. The number of hydrogen-bond donors (Lipinski definition) is 1. The van der Waals surface area contributed by atoms with E-state index in [-0.39, 0.29) is 0 Å². The fourth-order valence-corrected chi connectivity index (χ4v) is 4.47. The number of hydrogen-bond acceptors (Lipinski definition) is 1. The molecule has 1 heteroatoms. The van der Waals surface area contributed by atoms with Gasteiger partial charge in [-0.15, -0.1) is 0 Å². The van der Waals surface area contributed by atoms with Crippen molar-refractivity contribution in [1.82, 2.24) is 5.32 Å². The van der Waals surface area contributed by atoms with Gasteiger partial charge >= 0.3 is 0 Å². The normalized spacial score (nSPS) is 26.7. The molecule has 124 valence electrons. The molecule has 0 amide bonds. The van der Waals surface area contributed by atoms with Gasteiger partial charge in [-0.05, 0) is 38.5 Å². The van der Waals surface area contributed by atoms with E-state index in [2.05, 4.69) is 12.2 Å². The van der Waals surface area contributed by atoms with Gasteiger partial charge in [0.25, 0.3) is 0 Å². The number of nitrogens with one attached hydrogen (secondary N) is 1. The topological polar surface area (TPSA) is 12.0 Å². The van der Waals surface area contributed by atoms with E-state index in [1.807, 2.05) is 0 Å². The molecule has 2 aliphatic carbocycles. The van der Waals surface area contributed by atoms with Gasteiger partial charge in [0.05, 0.1) is 0 Å². The zero-order valence-electron chi connectivity index (χ0n) is 14.5. The predicted molar refractivity (Wildman–Crippen MR) is 93.7 cm³/mol. The van der Waals surface area contributed by atoms with Crippen LogP contribution in [0.15, 0.2) is 0 Å². The summed E-state index contributed by atoms with van der Waals surface area (Å²) in [5.74, 6) is 0.958. The average Bonchev–Trinajstić information content (AvgIpc) is 2.51. The Balaban J connectivity index is 1.73. The van der Waals surface area contributed by atoms with Crippen molar-refractivity contribution in [3.05, 3.63) is 0 Å². The molecule has 2 fully saturated rings. The summed E-state index contributed by atoms with van der Waals surface area (Å²) in [6.07, 6.45) is 23.5. The van der Waals surface area contributed by atoms with Crippen LogP contribution in [0, 0.1) is 5.92 Å². The van der Waals surface area contributed by atoms with Crippen LogP contribution in [-0.2, 0) is 0 Å². The Labute approximate surface area is 133 Å². The molecule has 0 aromatic carbocycles. The van der Waals surface area contributed by atoms with Gasteiger partial charge in [0, 0.05) is 12.1 Å². The summed E-state index contributed by atoms with van der Waals surface area (Å²) < 4.78 is 0. The Morgan fingerprint density at radius 3 is 1.48 bits per heavy atom. The molecule has 2 rings (SSSR count). The molecule has 21 heavy (non-hydrogen) atoms. The highest BCUT2D eigenvalue weighted by atomic mass is 14.9. The molecule has 0 saturated heterocycles. The van der Waals surface area contributed by atoms with Gasteiger partial charge in [0.1, 0.15) is 0 Å².